The molecule has 0 aliphatic heterocycles. The van der Waals surface area contributed by atoms with Crippen molar-refractivity contribution in [1.82, 2.24) is 0 Å². The van der Waals surface area contributed by atoms with Gasteiger partial charge in [0.1, 0.15) is 5.75 Å². The summed E-state index contributed by atoms with van der Waals surface area (Å²) in [5, 5.41) is 0.700. The molecule has 18 heavy (non-hydrogen) atoms. The van der Waals surface area contributed by atoms with Crippen molar-refractivity contribution < 1.29 is 4.74 Å². The molecule has 1 aliphatic carbocycles. The summed E-state index contributed by atoms with van der Waals surface area (Å²) in [5.41, 5.74) is 6.98. The van der Waals surface area contributed by atoms with E-state index in [1.54, 1.807) is 0 Å². The molecule has 1 fully saturated rings. The van der Waals surface area contributed by atoms with Gasteiger partial charge in [0.15, 0.2) is 0 Å². The summed E-state index contributed by atoms with van der Waals surface area (Å²) in [6.45, 7) is 2.79. The van der Waals surface area contributed by atoms with Gasteiger partial charge < -0.3 is 10.5 Å². The summed E-state index contributed by atoms with van der Waals surface area (Å²) in [6.07, 6.45) is 6.05. The van der Waals surface area contributed by atoms with Crippen molar-refractivity contribution >= 4 is 11.6 Å². The predicted octanol–water partition coefficient (Wildman–Crippen LogP) is 3.80. The van der Waals surface area contributed by atoms with E-state index in [-0.39, 0.29) is 6.04 Å². The number of para-hydroxylation sites is 1. The number of nitrogens with two attached hydrogens (primary N) is 1. The van der Waals surface area contributed by atoms with Crippen LogP contribution in [0.15, 0.2) is 18.2 Å². The van der Waals surface area contributed by atoms with Crippen molar-refractivity contribution in [3.63, 3.8) is 0 Å². The highest BCUT2D eigenvalue weighted by Crippen LogP contribution is 2.32. The Morgan fingerprint density at radius 1 is 1.39 bits per heavy atom. The van der Waals surface area contributed by atoms with Gasteiger partial charge in [-0.05, 0) is 43.7 Å². The Balaban J connectivity index is 2.04. The third kappa shape index (κ3) is 3.63. The van der Waals surface area contributed by atoms with Crippen LogP contribution in [0.25, 0.3) is 0 Å². The van der Waals surface area contributed by atoms with Crippen LogP contribution in [0, 0.1) is 5.92 Å². The molecule has 100 valence electrons. The third-order valence-electron chi connectivity index (χ3n) is 3.53. The largest absolute Gasteiger partial charge is 0.491 e. The first-order valence-electron chi connectivity index (χ1n) is 6.82. The summed E-state index contributed by atoms with van der Waals surface area (Å²) in [6, 6.07) is 6.02. The topological polar surface area (TPSA) is 35.2 Å². The molecule has 0 heterocycles. The Morgan fingerprint density at radius 3 is 2.78 bits per heavy atom. The van der Waals surface area contributed by atoms with Crippen molar-refractivity contribution in [3.05, 3.63) is 28.8 Å². The number of hydrogen-bond donors (Lipinski definition) is 1. The molecule has 1 saturated carbocycles. The van der Waals surface area contributed by atoms with Crippen LogP contribution in [0.5, 0.6) is 5.75 Å². The monoisotopic (exact) mass is 267 g/mol. The normalized spacial score (nSPS) is 17.9. The van der Waals surface area contributed by atoms with Gasteiger partial charge in [-0.25, -0.2) is 0 Å². The van der Waals surface area contributed by atoms with Gasteiger partial charge >= 0.3 is 0 Å². The summed E-state index contributed by atoms with van der Waals surface area (Å²) >= 11 is 6.23. The zero-order valence-electron chi connectivity index (χ0n) is 11.0. The van der Waals surface area contributed by atoms with E-state index in [4.69, 9.17) is 22.1 Å². The van der Waals surface area contributed by atoms with Gasteiger partial charge in [0, 0.05) is 6.04 Å². The fourth-order valence-electron chi connectivity index (χ4n) is 2.60. The predicted molar refractivity (Wildman–Crippen MR) is 76.3 cm³/mol. The second-order valence-electron chi connectivity index (χ2n) is 5.37. The van der Waals surface area contributed by atoms with Crippen LogP contribution in [-0.4, -0.2) is 12.6 Å². The van der Waals surface area contributed by atoms with E-state index in [9.17, 15) is 0 Å². The van der Waals surface area contributed by atoms with E-state index in [0.717, 1.165) is 24.3 Å². The lowest BCUT2D eigenvalue weighted by Crippen LogP contribution is -2.19. The molecule has 0 saturated heterocycles. The summed E-state index contributed by atoms with van der Waals surface area (Å²) in [4.78, 5) is 0. The molecular weight excluding hydrogens is 246 g/mol. The zero-order chi connectivity index (χ0) is 13.0. The minimum absolute atomic E-state index is 0.122. The van der Waals surface area contributed by atoms with Gasteiger partial charge in [-0.3, -0.25) is 0 Å². The Morgan fingerprint density at radius 2 is 2.11 bits per heavy atom. The highest BCUT2D eigenvalue weighted by atomic mass is 35.5. The van der Waals surface area contributed by atoms with Crippen LogP contribution < -0.4 is 10.5 Å². The molecule has 1 aliphatic rings. The van der Waals surface area contributed by atoms with Crippen molar-refractivity contribution in [2.75, 3.05) is 6.61 Å². The molecule has 0 radical (unpaired) electrons. The smallest absolute Gasteiger partial charge is 0.141 e. The number of halogens is 1. The molecule has 2 rings (SSSR count). The van der Waals surface area contributed by atoms with Crippen molar-refractivity contribution in [3.8, 4) is 5.75 Å². The Labute approximate surface area is 114 Å². The Hall–Kier alpha value is -0.730. The molecule has 2 nitrogen and oxygen atoms in total. The van der Waals surface area contributed by atoms with E-state index >= 15 is 0 Å². The van der Waals surface area contributed by atoms with Crippen molar-refractivity contribution in [2.45, 2.75) is 45.1 Å². The number of rotatable bonds is 5. The van der Waals surface area contributed by atoms with Crippen LogP contribution in [0.3, 0.4) is 0 Å². The van der Waals surface area contributed by atoms with E-state index in [2.05, 4.69) is 6.07 Å². The molecule has 3 heteroatoms. The number of ether oxygens (including phenoxy) is 1. The summed E-state index contributed by atoms with van der Waals surface area (Å²) in [5.74, 6) is 1.53. The van der Waals surface area contributed by atoms with Gasteiger partial charge in [0.25, 0.3) is 0 Å². The average Bonchev–Trinajstić information content (AvgIpc) is 2.80. The lowest BCUT2D eigenvalue weighted by Gasteiger charge is -2.17. The average molecular weight is 268 g/mol. The van der Waals surface area contributed by atoms with Crippen molar-refractivity contribution in [1.29, 1.82) is 0 Å². The first-order valence-corrected chi connectivity index (χ1v) is 7.20. The maximum Gasteiger partial charge on any atom is 0.141 e. The SMILES string of the molecule is CC(N)Cc1cccc(Cl)c1OCC1CCCC1. The van der Waals surface area contributed by atoms with Crippen LogP contribution in [0.4, 0.5) is 0 Å². The summed E-state index contributed by atoms with van der Waals surface area (Å²) < 4.78 is 5.97. The zero-order valence-corrected chi connectivity index (χ0v) is 11.7. The van der Waals surface area contributed by atoms with Crippen LogP contribution >= 0.6 is 11.6 Å². The summed E-state index contributed by atoms with van der Waals surface area (Å²) in [7, 11) is 0. The molecule has 0 amide bonds. The van der Waals surface area contributed by atoms with Gasteiger partial charge in [0.2, 0.25) is 0 Å². The molecule has 2 N–H and O–H groups in total. The van der Waals surface area contributed by atoms with E-state index in [0.29, 0.717) is 10.9 Å². The molecule has 1 aromatic carbocycles. The first-order chi connectivity index (χ1) is 8.66. The molecule has 1 unspecified atom stereocenters. The van der Waals surface area contributed by atoms with Gasteiger partial charge in [-0.2, -0.15) is 0 Å². The number of hydrogen-bond acceptors (Lipinski definition) is 2. The fraction of sp³-hybridized carbons (Fsp3) is 0.600. The fourth-order valence-corrected chi connectivity index (χ4v) is 2.85. The minimum Gasteiger partial charge on any atom is -0.491 e. The van der Waals surface area contributed by atoms with E-state index in [1.165, 1.54) is 25.7 Å². The minimum atomic E-state index is 0.122. The van der Waals surface area contributed by atoms with Gasteiger partial charge in [-0.15, -0.1) is 0 Å². The standard InChI is InChI=1S/C15H22ClNO/c1-11(17)9-13-7-4-8-14(16)15(13)18-10-12-5-2-3-6-12/h4,7-8,11-12H,2-3,5-6,9-10,17H2,1H3. The Bertz CT molecular complexity index is 386. The number of benzene rings is 1. The molecule has 0 bridgehead atoms. The van der Waals surface area contributed by atoms with Crippen molar-refractivity contribution in [2.24, 2.45) is 11.7 Å². The Kier molecular flexibility index (Phi) is 4.90. The second-order valence-corrected chi connectivity index (χ2v) is 5.78. The maximum atomic E-state index is 6.23. The third-order valence-corrected chi connectivity index (χ3v) is 3.83. The van der Waals surface area contributed by atoms with Crippen LogP contribution in [0.2, 0.25) is 5.02 Å². The van der Waals surface area contributed by atoms with E-state index < -0.39 is 0 Å². The molecule has 1 aromatic rings. The van der Waals surface area contributed by atoms with E-state index in [1.807, 2.05) is 19.1 Å². The maximum absolute atomic E-state index is 6.23. The first kappa shape index (κ1) is 13.7. The van der Waals surface area contributed by atoms with Gasteiger partial charge in [-0.1, -0.05) is 36.6 Å². The molecule has 0 spiro atoms. The molecular formula is C15H22ClNO. The highest BCUT2D eigenvalue weighted by molar-refractivity contribution is 6.32. The quantitative estimate of drug-likeness (QED) is 0.881. The van der Waals surface area contributed by atoms with Crippen LogP contribution in [0.1, 0.15) is 38.2 Å². The highest BCUT2D eigenvalue weighted by Gasteiger charge is 2.17. The van der Waals surface area contributed by atoms with Crippen LogP contribution in [-0.2, 0) is 6.42 Å². The lowest BCUT2D eigenvalue weighted by atomic mass is 10.1. The molecule has 0 aromatic heterocycles. The lowest BCUT2D eigenvalue weighted by molar-refractivity contribution is 0.250. The molecule has 1 atom stereocenters. The second kappa shape index (κ2) is 6.44. The van der Waals surface area contributed by atoms with Gasteiger partial charge in [0.05, 0.1) is 11.6 Å².